The van der Waals surface area contributed by atoms with Gasteiger partial charge in [0.2, 0.25) is 0 Å². The molecule has 2 aromatic rings. The molecule has 6 heteroatoms. The second kappa shape index (κ2) is 7.40. The maximum absolute atomic E-state index is 12.8. The Morgan fingerprint density at radius 2 is 1.74 bits per heavy atom. The molecule has 0 unspecified atom stereocenters. The van der Waals surface area contributed by atoms with Crippen molar-refractivity contribution in [2.45, 2.75) is 13.0 Å². The largest absolute Gasteiger partial charge is 0.449 e. The highest BCUT2D eigenvalue weighted by atomic mass is 19.1. The topological polar surface area (TPSA) is 67.4 Å². The number of esters is 1. The average Bonchev–Trinajstić information content (AvgIpc) is 2.56. The molecular weight excluding hydrogens is 299 g/mol. The Hall–Kier alpha value is -2.89. The third-order valence-corrected chi connectivity index (χ3v) is 3.18. The summed E-state index contributed by atoms with van der Waals surface area (Å²) in [6.45, 7) is 1.47. The van der Waals surface area contributed by atoms with E-state index in [4.69, 9.17) is 4.74 Å². The number of ether oxygens (including phenoxy) is 1. The van der Waals surface area contributed by atoms with Crippen molar-refractivity contribution < 1.29 is 18.7 Å². The van der Waals surface area contributed by atoms with Gasteiger partial charge in [0.25, 0.3) is 5.91 Å². The molecule has 0 heterocycles. The van der Waals surface area contributed by atoms with Crippen molar-refractivity contribution in [1.29, 1.82) is 0 Å². The third-order valence-electron chi connectivity index (χ3n) is 3.18. The zero-order valence-corrected chi connectivity index (χ0v) is 12.8. The van der Waals surface area contributed by atoms with E-state index in [1.165, 1.54) is 31.2 Å². The molecule has 1 atom stereocenters. The number of halogens is 1. The van der Waals surface area contributed by atoms with E-state index in [0.29, 0.717) is 16.9 Å². The van der Waals surface area contributed by atoms with Gasteiger partial charge in [-0.05, 0) is 43.3 Å². The van der Waals surface area contributed by atoms with Crippen LogP contribution in [-0.2, 0) is 9.53 Å². The van der Waals surface area contributed by atoms with E-state index in [2.05, 4.69) is 10.6 Å². The van der Waals surface area contributed by atoms with Crippen LogP contribution in [0.15, 0.2) is 48.5 Å². The van der Waals surface area contributed by atoms with Crippen LogP contribution >= 0.6 is 0 Å². The molecular formula is C17H17FN2O3. The minimum atomic E-state index is -0.988. The molecule has 0 spiro atoms. The van der Waals surface area contributed by atoms with Gasteiger partial charge in [-0.2, -0.15) is 0 Å². The second-order valence-electron chi connectivity index (χ2n) is 4.84. The highest BCUT2D eigenvalue weighted by molar-refractivity contribution is 5.99. The van der Waals surface area contributed by atoms with Crippen LogP contribution in [-0.4, -0.2) is 25.0 Å². The summed E-state index contributed by atoms with van der Waals surface area (Å²) in [6, 6.07) is 12.2. The Kier molecular flexibility index (Phi) is 5.30. The fourth-order valence-electron chi connectivity index (χ4n) is 1.93. The molecule has 0 bridgehead atoms. The second-order valence-corrected chi connectivity index (χ2v) is 4.84. The van der Waals surface area contributed by atoms with E-state index >= 15 is 0 Å². The van der Waals surface area contributed by atoms with E-state index in [1.54, 1.807) is 31.3 Å². The zero-order chi connectivity index (χ0) is 16.8. The predicted octanol–water partition coefficient (Wildman–Crippen LogP) is 3.05. The SMILES string of the molecule is CNc1ccccc1C(=O)O[C@@H](C)C(=O)Nc1ccc(F)cc1. The number of benzene rings is 2. The van der Waals surface area contributed by atoms with Crippen molar-refractivity contribution in [3.8, 4) is 0 Å². The van der Waals surface area contributed by atoms with Crippen LogP contribution < -0.4 is 10.6 Å². The monoisotopic (exact) mass is 316 g/mol. The fraction of sp³-hybridized carbons (Fsp3) is 0.176. The van der Waals surface area contributed by atoms with Gasteiger partial charge in [-0.25, -0.2) is 9.18 Å². The van der Waals surface area contributed by atoms with Gasteiger partial charge in [-0.15, -0.1) is 0 Å². The van der Waals surface area contributed by atoms with Crippen molar-refractivity contribution in [3.63, 3.8) is 0 Å². The van der Waals surface area contributed by atoms with Gasteiger partial charge in [-0.1, -0.05) is 12.1 Å². The Morgan fingerprint density at radius 3 is 2.39 bits per heavy atom. The Balaban J connectivity index is 2.00. The van der Waals surface area contributed by atoms with Crippen LogP contribution in [0.1, 0.15) is 17.3 Å². The van der Waals surface area contributed by atoms with Gasteiger partial charge in [0, 0.05) is 18.4 Å². The number of rotatable bonds is 5. The van der Waals surface area contributed by atoms with Crippen molar-refractivity contribution in [1.82, 2.24) is 0 Å². The van der Waals surface area contributed by atoms with Crippen LogP contribution in [0.4, 0.5) is 15.8 Å². The predicted molar refractivity (Wildman–Crippen MR) is 85.9 cm³/mol. The van der Waals surface area contributed by atoms with Gasteiger partial charge < -0.3 is 15.4 Å². The number of hydrogen-bond donors (Lipinski definition) is 2. The summed E-state index contributed by atoms with van der Waals surface area (Å²) in [4.78, 5) is 24.2. The number of carbonyl (C=O) groups is 2. The molecule has 0 saturated heterocycles. The summed E-state index contributed by atoms with van der Waals surface area (Å²) in [5, 5.41) is 5.44. The highest BCUT2D eigenvalue weighted by Gasteiger charge is 2.20. The van der Waals surface area contributed by atoms with Crippen molar-refractivity contribution in [3.05, 3.63) is 59.9 Å². The molecule has 2 N–H and O–H groups in total. The molecule has 0 aliphatic rings. The van der Waals surface area contributed by atoms with Gasteiger partial charge in [0.15, 0.2) is 6.10 Å². The van der Waals surface area contributed by atoms with Crippen LogP contribution in [0.3, 0.4) is 0 Å². The molecule has 0 aromatic heterocycles. The fourth-order valence-corrected chi connectivity index (χ4v) is 1.93. The number of anilines is 2. The first-order valence-electron chi connectivity index (χ1n) is 7.05. The van der Waals surface area contributed by atoms with Gasteiger partial charge in [0.05, 0.1) is 5.56 Å². The first-order valence-corrected chi connectivity index (χ1v) is 7.05. The van der Waals surface area contributed by atoms with Crippen LogP contribution in [0.2, 0.25) is 0 Å². The number of hydrogen-bond acceptors (Lipinski definition) is 4. The Labute approximate surface area is 133 Å². The summed E-state index contributed by atoms with van der Waals surface area (Å²) < 4.78 is 18.0. The minimum Gasteiger partial charge on any atom is -0.449 e. The summed E-state index contributed by atoms with van der Waals surface area (Å²) in [5.74, 6) is -1.49. The lowest BCUT2D eigenvalue weighted by Crippen LogP contribution is -2.30. The molecule has 0 saturated carbocycles. The Morgan fingerprint density at radius 1 is 1.09 bits per heavy atom. The van der Waals surface area contributed by atoms with E-state index in [1.807, 2.05) is 0 Å². The van der Waals surface area contributed by atoms with Crippen molar-refractivity contribution in [2.75, 3.05) is 17.7 Å². The molecule has 0 radical (unpaired) electrons. The summed E-state index contributed by atoms with van der Waals surface area (Å²) >= 11 is 0. The molecule has 1 amide bonds. The maximum atomic E-state index is 12.8. The lowest BCUT2D eigenvalue weighted by Gasteiger charge is -2.15. The van der Waals surface area contributed by atoms with Gasteiger partial charge in [0.1, 0.15) is 5.82 Å². The first kappa shape index (κ1) is 16.5. The molecule has 0 fully saturated rings. The maximum Gasteiger partial charge on any atom is 0.341 e. The van der Waals surface area contributed by atoms with Crippen LogP contribution in [0.25, 0.3) is 0 Å². The first-order chi connectivity index (χ1) is 11.0. The molecule has 120 valence electrons. The zero-order valence-electron chi connectivity index (χ0n) is 12.8. The van der Waals surface area contributed by atoms with E-state index < -0.39 is 23.8 Å². The standard InChI is InChI=1S/C17H17FN2O3/c1-11(16(21)20-13-9-7-12(18)8-10-13)23-17(22)14-5-3-4-6-15(14)19-2/h3-11,19H,1-2H3,(H,20,21)/t11-/m0/s1. The summed E-state index contributed by atoms with van der Waals surface area (Å²) in [7, 11) is 1.69. The number of nitrogens with one attached hydrogen (secondary N) is 2. The lowest BCUT2D eigenvalue weighted by atomic mass is 10.2. The quantitative estimate of drug-likeness (QED) is 0.832. The molecule has 2 aromatic carbocycles. The van der Waals surface area contributed by atoms with Crippen molar-refractivity contribution >= 4 is 23.3 Å². The number of carbonyl (C=O) groups excluding carboxylic acids is 2. The molecule has 2 rings (SSSR count). The smallest absolute Gasteiger partial charge is 0.341 e. The average molecular weight is 316 g/mol. The van der Waals surface area contributed by atoms with E-state index in [-0.39, 0.29) is 0 Å². The van der Waals surface area contributed by atoms with Crippen LogP contribution in [0.5, 0.6) is 0 Å². The van der Waals surface area contributed by atoms with E-state index in [0.717, 1.165) is 0 Å². The summed E-state index contributed by atoms with van der Waals surface area (Å²) in [5.41, 5.74) is 1.38. The number of amides is 1. The lowest BCUT2D eigenvalue weighted by molar-refractivity contribution is -0.123. The third kappa shape index (κ3) is 4.29. The summed E-state index contributed by atoms with van der Waals surface area (Å²) in [6.07, 6.45) is -0.988. The molecule has 0 aliphatic heterocycles. The number of para-hydroxylation sites is 1. The highest BCUT2D eigenvalue weighted by Crippen LogP contribution is 2.16. The molecule has 5 nitrogen and oxygen atoms in total. The Bertz CT molecular complexity index is 701. The van der Waals surface area contributed by atoms with Gasteiger partial charge in [-0.3, -0.25) is 4.79 Å². The minimum absolute atomic E-state index is 0.344. The molecule has 23 heavy (non-hydrogen) atoms. The van der Waals surface area contributed by atoms with Crippen LogP contribution in [0, 0.1) is 5.82 Å². The molecule has 0 aliphatic carbocycles. The van der Waals surface area contributed by atoms with E-state index in [9.17, 15) is 14.0 Å². The normalized spacial score (nSPS) is 11.4. The van der Waals surface area contributed by atoms with Crippen molar-refractivity contribution in [2.24, 2.45) is 0 Å². The van der Waals surface area contributed by atoms with Gasteiger partial charge >= 0.3 is 5.97 Å².